The third-order valence-electron chi connectivity index (χ3n) is 3.32. The molecule has 0 aliphatic rings. The average molecular weight is 306 g/mol. The van der Waals surface area contributed by atoms with E-state index < -0.39 is 17.1 Å². The Kier molecular flexibility index (Phi) is 5.21. The molecule has 8 nitrogen and oxygen atoms in total. The maximum atomic E-state index is 11.0. The predicted octanol–water partition coefficient (Wildman–Crippen LogP) is 0.784. The summed E-state index contributed by atoms with van der Waals surface area (Å²) in [6, 6.07) is 6.19. The number of nitro benzene ring substituents is 1. The highest BCUT2D eigenvalue weighted by atomic mass is 16.6. The number of benzene rings is 1. The molecule has 2 aromatic rings. The molecule has 0 saturated carbocycles. The molecule has 0 aliphatic carbocycles. The standard InChI is InChI=1S/C14H18N4O4/c1-15-7-6-13(19)14(20)10-8-16-17(9-10)11-4-2-3-5-12(11)18(21)22/h2-5,8-9,13-15,19-20H,6-7H2,1H3. The molecule has 0 spiro atoms. The SMILES string of the molecule is CNCCC(O)C(O)c1cnn(-c2ccccc2[N+](=O)[O-])c1. The summed E-state index contributed by atoms with van der Waals surface area (Å²) < 4.78 is 1.32. The first-order valence-corrected chi connectivity index (χ1v) is 6.83. The van der Waals surface area contributed by atoms with Gasteiger partial charge in [-0.3, -0.25) is 10.1 Å². The van der Waals surface area contributed by atoms with Gasteiger partial charge in [0.05, 0.1) is 17.2 Å². The summed E-state index contributed by atoms with van der Waals surface area (Å²) in [6.45, 7) is 0.566. The van der Waals surface area contributed by atoms with E-state index in [9.17, 15) is 20.3 Å². The molecule has 0 saturated heterocycles. The fraction of sp³-hybridized carbons (Fsp3) is 0.357. The van der Waals surface area contributed by atoms with Crippen molar-refractivity contribution in [3.63, 3.8) is 0 Å². The van der Waals surface area contributed by atoms with Crippen LogP contribution in [-0.2, 0) is 0 Å². The molecule has 0 bridgehead atoms. The number of hydrogen-bond donors (Lipinski definition) is 3. The lowest BCUT2D eigenvalue weighted by atomic mass is 10.1. The van der Waals surface area contributed by atoms with Crippen LogP contribution in [0.2, 0.25) is 0 Å². The van der Waals surface area contributed by atoms with Crippen LogP contribution in [0.25, 0.3) is 5.69 Å². The van der Waals surface area contributed by atoms with Crippen LogP contribution >= 0.6 is 0 Å². The van der Waals surface area contributed by atoms with E-state index in [1.54, 1.807) is 25.2 Å². The summed E-state index contributed by atoms with van der Waals surface area (Å²) in [7, 11) is 1.76. The van der Waals surface area contributed by atoms with E-state index in [0.717, 1.165) is 0 Å². The van der Waals surface area contributed by atoms with Gasteiger partial charge in [0.15, 0.2) is 0 Å². The minimum absolute atomic E-state index is 0.0811. The third kappa shape index (κ3) is 3.48. The summed E-state index contributed by atoms with van der Waals surface area (Å²) >= 11 is 0. The van der Waals surface area contributed by atoms with Crippen molar-refractivity contribution in [2.45, 2.75) is 18.6 Å². The monoisotopic (exact) mass is 306 g/mol. The number of aliphatic hydroxyl groups excluding tert-OH is 2. The van der Waals surface area contributed by atoms with Crippen molar-refractivity contribution in [2.75, 3.05) is 13.6 Å². The Balaban J connectivity index is 2.23. The van der Waals surface area contributed by atoms with Gasteiger partial charge in [0, 0.05) is 17.8 Å². The summed E-state index contributed by atoms with van der Waals surface area (Å²) in [5.41, 5.74) is 0.625. The van der Waals surface area contributed by atoms with E-state index in [1.165, 1.54) is 23.1 Å². The summed E-state index contributed by atoms with van der Waals surface area (Å²) in [6.07, 6.45) is 1.23. The molecule has 2 unspecified atom stereocenters. The molecule has 0 radical (unpaired) electrons. The lowest BCUT2D eigenvalue weighted by molar-refractivity contribution is -0.384. The normalized spacial score (nSPS) is 13.8. The van der Waals surface area contributed by atoms with Crippen LogP contribution in [0.5, 0.6) is 0 Å². The maximum Gasteiger partial charge on any atom is 0.294 e. The van der Waals surface area contributed by atoms with E-state index in [0.29, 0.717) is 24.2 Å². The van der Waals surface area contributed by atoms with Crippen LogP contribution in [0.4, 0.5) is 5.69 Å². The van der Waals surface area contributed by atoms with E-state index in [2.05, 4.69) is 10.4 Å². The minimum Gasteiger partial charge on any atom is -0.390 e. The largest absolute Gasteiger partial charge is 0.390 e. The van der Waals surface area contributed by atoms with Crippen molar-refractivity contribution in [3.05, 3.63) is 52.3 Å². The molecule has 0 aliphatic heterocycles. The number of nitrogens with zero attached hydrogens (tertiary/aromatic N) is 3. The van der Waals surface area contributed by atoms with Crippen LogP contribution in [0.3, 0.4) is 0 Å². The second-order valence-corrected chi connectivity index (χ2v) is 4.87. The highest BCUT2D eigenvalue weighted by Gasteiger charge is 2.21. The number of hydrogen-bond acceptors (Lipinski definition) is 6. The molecule has 8 heteroatoms. The first-order valence-electron chi connectivity index (χ1n) is 6.83. The van der Waals surface area contributed by atoms with Crippen LogP contribution in [-0.4, -0.2) is 44.6 Å². The van der Waals surface area contributed by atoms with Gasteiger partial charge < -0.3 is 15.5 Å². The lowest BCUT2D eigenvalue weighted by Crippen LogP contribution is -2.23. The van der Waals surface area contributed by atoms with Gasteiger partial charge in [-0.15, -0.1) is 0 Å². The summed E-state index contributed by atoms with van der Waals surface area (Å²) in [5.74, 6) is 0. The molecule has 22 heavy (non-hydrogen) atoms. The Bertz CT molecular complexity index is 643. The lowest BCUT2D eigenvalue weighted by Gasteiger charge is -2.15. The van der Waals surface area contributed by atoms with Gasteiger partial charge in [0.1, 0.15) is 11.8 Å². The Morgan fingerprint density at radius 1 is 1.41 bits per heavy atom. The molecule has 1 aromatic carbocycles. The topological polar surface area (TPSA) is 113 Å². The fourth-order valence-electron chi connectivity index (χ4n) is 2.11. The van der Waals surface area contributed by atoms with Crippen LogP contribution < -0.4 is 5.32 Å². The molecule has 2 atom stereocenters. The number of aromatic nitrogens is 2. The summed E-state index contributed by atoms with van der Waals surface area (Å²) in [5, 5.41) is 37.9. The molecule has 118 valence electrons. The second kappa shape index (κ2) is 7.12. The second-order valence-electron chi connectivity index (χ2n) is 4.87. The third-order valence-corrected chi connectivity index (χ3v) is 3.32. The van der Waals surface area contributed by atoms with Crippen molar-refractivity contribution in [1.29, 1.82) is 0 Å². The zero-order valence-corrected chi connectivity index (χ0v) is 12.1. The van der Waals surface area contributed by atoms with Gasteiger partial charge in [0.2, 0.25) is 0 Å². The van der Waals surface area contributed by atoms with Crippen LogP contribution in [0.1, 0.15) is 18.1 Å². The van der Waals surface area contributed by atoms with Gasteiger partial charge in [-0.1, -0.05) is 12.1 Å². The highest BCUT2D eigenvalue weighted by Crippen LogP contribution is 2.24. The number of nitrogens with one attached hydrogen (secondary N) is 1. The van der Waals surface area contributed by atoms with Gasteiger partial charge in [0.25, 0.3) is 5.69 Å². The molecule has 3 N–H and O–H groups in total. The van der Waals surface area contributed by atoms with E-state index in [4.69, 9.17) is 0 Å². The zero-order chi connectivity index (χ0) is 16.1. The van der Waals surface area contributed by atoms with E-state index in [1.807, 2.05) is 0 Å². The molecule has 2 rings (SSSR count). The first kappa shape index (κ1) is 16.1. The first-order chi connectivity index (χ1) is 10.5. The predicted molar refractivity (Wildman–Crippen MR) is 79.7 cm³/mol. The quantitative estimate of drug-likeness (QED) is 0.514. The average Bonchev–Trinajstić information content (AvgIpc) is 3.01. The van der Waals surface area contributed by atoms with Crippen molar-refractivity contribution in [1.82, 2.24) is 15.1 Å². The number of nitro groups is 1. The van der Waals surface area contributed by atoms with E-state index in [-0.39, 0.29) is 5.69 Å². The molecule has 1 heterocycles. The Morgan fingerprint density at radius 3 is 2.82 bits per heavy atom. The number of para-hydroxylation sites is 2. The van der Waals surface area contributed by atoms with Crippen molar-refractivity contribution < 1.29 is 15.1 Å². The van der Waals surface area contributed by atoms with Crippen LogP contribution in [0.15, 0.2) is 36.7 Å². The maximum absolute atomic E-state index is 11.0. The molecule has 0 fully saturated rings. The van der Waals surface area contributed by atoms with Gasteiger partial charge >= 0.3 is 0 Å². The Hall–Kier alpha value is -2.29. The number of rotatable bonds is 7. The highest BCUT2D eigenvalue weighted by molar-refractivity contribution is 5.51. The van der Waals surface area contributed by atoms with Gasteiger partial charge in [-0.05, 0) is 26.1 Å². The fourth-order valence-corrected chi connectivity index (χ4v) is 2.11. The van der Waals surface area contributed by atoms with Gasteiger partial charge in [-0.2, -0.15) is 5.10 Å². The van der Waals surface area contributed by atoms with Crippen LogP contribution in [0, 0.1) is 10.1 Å². The van der Waals surface area contributed by atoms with Crippen molar-refractivity contribution in [2.24, 2.45) is 0 Å². The van der Waals surface area contributed by atoms with E-state index >= 15 is 0 Å². The van der Waals surface area contributed by atoms with Crippen molar-refractivity contribution >= 4 is 5.69 Å². The smallest absolute Gasteiger partial charge is 0.294 e. The number of aliphatic hydroxyl groups is 2. The molecule has 1 aromatic heterocycles. The molecule has 0 amide bonds. The minimum atomic E-state index is -1.09. The molecular formula is C14H18N4O4. The summed E-state index contributed by atoms with van der Waals surface area (Å²) in [4.78, 5) is 10.5. The Labute approximate surface area is 127 Å². The molecular weight excluding hydrogens is 288 g/mol. The van der Waals surface area contributed by atoms with Gasteiger partial charge in [-0.25, -0.2) is 4.68 Å². The Morgan fingerprint density at radius 2 is 2.14 bits per heavy atom. The van der Waals surface area contributed by atoms with Crippen molar-refractivity contribution in [3.8, 4) is 5.69 Å². The zero-order valence-electron chi connectivity index (χ0n) is 12.1.